The highest BCUT2D eigenvalue weighted by atomic mass is 19.1. The van der Waals surface area contributed by atoms with Crippen LogP contribution in [0.2, 0.25) is 0 Å². The lowest BCUT2D eigenvalue weighted by Crippen LogP contribution is -2.36. The molecule has 0 atom stereocenters. The normalized spacial score (nSPS) is 10.8. The van der Waals surface area contributed by atoms with E-state index < -0.39 is 23.8 Å². The molecule has 0 aromatic heterocycles. The van der Waals surface area contributed by atoms with E-state index in [1.807, 2.05) is 13.8 Å². The van der Waals surface area contributed by atoms with E-state index in [-0.39, 0.29) is 18.5 Å². The number of halogens is 2. The lowest BCUT2D eigenvalue weighted by atomic mass is 10.1. The average Bonchev–Trinajstić information content (AvgIpc) is 2.41. The summed E-state index contributed by atoms with van der Waals surface area (Å²) in [6.45, 7) is 4.65. The number of carbonyl (C=O) groups excluding carboxylic acids is 1. The van der Waals surface area contributed by atoms with Crippen molar-refractivity contribution >= 4 is 5.91 Å². The van der Waals surface area contributed by atoms with Crippen LogP contribution in [0, 0.1) is 11.6 Å². The van der Waals surface area contributed by atoms with Gasteiger partial charge in [0.25, 0.3) is 0 Å². The Bertz CT molecular complexity index is 414. The van der Waals surface area contributed by atoms with Crippen molar-refractivity contribution in [2.45, 2.75) is 26.6 Å². The topological polar surface area (TPSA) is 47.6 Å². The van der Waals surface area contributed by atoms with E-state index in [0.29, 0.717) is 13.2 Å². The fourth-order valence-electron chi connectivity index (χ4n) is 1.66. The van der Waals surface area contributed by atoms with Crippen molar-refractivity contribution in [3.05, 3.63) is 35.4 Å². The van der Waals surface area contributed by atoms with Gasteiger partial charge in [0.1, 0.15) is 11.6 Å². The van der Waals surface area contributed by atoms with Crippen LogP contribution in [-0.2, 0) is 20.7 Å². The average molecular weight is 287 g/mol. The molecular weight excluding hydrogens is 268 g/mol. The Morgan fingerprint density at radius 1 is 1.20 bits per heavy atom. The third kappa shape index (κ3) is 5.22. The second-order valence-electron chi connectivity index (χ2n) is 4.02. The van der Waals surface area contributed by atoms with Gasteiger partial charge in [-0.1, -0.05) is 6.07 Å². The number of carbonyl (C=O) groups is 1. The van der Waals surface area contributed by atoms with Gasteiger partial charge < -0.3 is 14.8 Å². The molecule has 1 aromatic carbocycles. The number of ether oxygens (including phenoxy) is 2. The fraction of sp³-hybridized carbons (Fsp3) is 0.500. The Labute approximate surface area is 117 Å². The smallest absolute Gasteiger partial charge is 0.224 e. The summed E-state index contributed by atoms with van der Waals surface area (Å²) in [7, 11) is 0. The van der Waals surface area contributed by atoms with Crippen molar-refractivity contribution in [2.24, 2.45) is 0 Å². The van der Waals surface area contributed by atoms with Gasteiger partial charge >= 0.3 is 0 Å². The molecule has 0 saturated heterocycles. The standard InChI is InChI=1S/C14H19F2NO3/c1-3-19-14(20-4-2)9-17-13(18)8-10-11(15)6-5-7-12(10)16/h5-7,14H,3-4,8-9H2,1-2H3,(H,17,18). The Balaban J connectivity index is 2.51. The zero-order chi connectivity index (χ0) is 15.0. The lowest BCUT2D eigenvalue weighted by Gasteiger charge is -2.17. The maximum atomic E-state index is 13.4. The molecule has 4 nitrogen and oxygen atoms in total. The molecule has 0 radical (unpaired) electrons. The molecule has 0 aliphatic rings. The molecule has 1 rings (SSSR count). The molecule has 1 N–H and O–H groups in total. The van der Waals surface area contributed by atoms with Gasteiger partial charge in [0.05, 0.1) is 13.0 Å². The van der Waals surface area contributed by atoms with Crippen LogP contribution < -0.4 is 5.32 Å². The van der Waals surface area contributed by atoms with Crippen LogP contribution in [0.3, 0.4) is 0 Å². The minimum absolute atomic E-state index is 0.136. The number of benzene rings is 1. The largest absolute Gasteiger partial charge is 0.351 e. The number of hydrogen-bond acceptors (Lipinski definition) is 3. The summed E-state index contributed by atoms with van der Waals surface area (Å²) >= 11 is 0. The fourth-order valence-corrected chi connectivity index (χ4v) is 1.66. The predicted octanol–water partition coefficient (Wildman–Crippen LogP) is 2.02. The van der Waals surface area contributed by atoms with E-state index in [1.165, 1.54) is 6.07 Å². The van der Waals surface area contributed by atoms with Gasteiger partial charge in [-0.15, -0.1) is 0 Å². The summed E-state index contributed by atoms with van der Waals surface area (Å²) in [5, 5.41) is 2.53. The first kappa shape index (κ1) is 16.5. The van der Waals surface area contributed by atoms with Gasteiger partial charge in [0, 0.05) is 18.8 Å². The van der Waals surface area contributed by atoms with E-state index in [1.54, 1.807) is 0 Å². The summed E-state index contributed by atoms with van der Waals surface area (Å²) in [5.41, 5.74) is -0.241. The van der Waals surface area contributed by atoms with E-state index in [2.05, 4.69) is 5.32 Å². The highest BCUT2D eigenvalue weighted by Crippen LogP contribution is 2.12. The van der Waals surface area contributed by atoms with Crippen molar-refractivity contribution in [1.82, 2.24) is 5.32 Å². The van der Waals surface area contributed by atoms with Crippen molar-refractivity contribution in [3.63, 3.8) is 0 Å². The first-order chi connectivity index (χ1) is 9.58. The van der Waals surface area contributed by atoms with Gasteiger partial charge in [-0.2, -0.15) is 0 Å². The zero-order valence-electron chi connectivity index (χ0n) is 11.6. The van der Waals surface area contributed by atoms with Gasteiger partial charge in [-0.05, 0) is 26.0 Å². The van der Waals surface area contributed by atoms with Crippen molar-refractivity contribution in [3.8, 4) is 0 Å². The molecule has 112 valence electrons. The number of nitrogens with one attached hydrogen (secondary N) is 1. The SMILES string of the molecule is CCOC(CNC(=O)Cc1c(F)cccc1F)OCC. The second kappa shape index (κ2) is 8.60. The highest BCUT2D eigenvalue weighted by Gasteiger charge is 2.14. The van der Waals surface area contributed by atoms with Crippen molar-refractivity contribution in [1.29, 1.82) is 0 Å². The molecule has 0 aliphatic heterocycles. The van der Waals surface area contributed by atoms with Gasteiger partial charge in [0.15, 0.2) is 6.29 Å². The summed E-state index contributed by atoms with van der Waals surface area (Å²) < 4.78 is 37.3. The highest BCUT2D eigenvalue weighted by molar-refractivity contribution is 5.78. The van der Waals surface area contributed by atoms with Crippen molar-refractivity contribution < 1.29 is 23.0 Å². The third-order valence-corrected chi connectivity index (χ3v) is 2.57. The quantitative estimate of drug-likeness (QED) is 0.744. The van der Waals surface area contributed by atoms with Crippen LogP contribution >= 0.6 is 0 Å². The maximum absolute atomic E-state index is 13.4. The summed E-state index contributed by atoms with van der Waals surface area (Å²) in [6.07, 6.45) is -0.914. The summed E-state index contributed by atoms with van der Waals surface area (Å²) in [5.74, 6) is -1.95. The molecule has 0 aliphatic carbocycles. The minimum Gasteiger partial charge on any atom is -0.351 e. The molecule has 0 spiro atoms. The van der Waals surface area contributed by atoms with Gasteiger partial charge in [0.2, 0.25) is 5.91 Å². The zero-order valence-corrected chi connectivity index (χ0v) is 11.6. The molecule has 1 amide bonds. The van der Waals surface area contributed by atoms with E-state index in [4.69, 9.17) is 9.47 Å². The van der Waals surface area contributed by atoms with Crippen LogP contribution in [0.15, 0.2) is 18.2 Å². The Hall–Kier alpha value is -1.53. The van der Waals surface area contributed by atoms with Crippen LogP contribution in [0.5, 0.6) is 0 Å². The summed E-state index contributed by atoms with van der Waals surface area (Å²) in [4.78, 5) is 11.7. The molecule has 0 saturated carbocycles. The maximum Gasteiger partial charge on any atom is 0.224 e. The molecular formula is C14H19F2NO3. The van der Waals surface area contributed by atoms with Gasteiger partial charge in [-0.3, -0.25) is 4.79 Å². The van der Waals surface area contributed by atoms with Crippen LogP contribution in [0.25, 0.3) is 0 Å². The monoisotopic (exact) mass is 287 g/mol. The van der Waals surface area contributed by atoms with Crippen LogP contribution in [0.4, 0.5) is 8.78 Å². The second-order valence-corrected chi connectivity index (χ2v) is 4.02. The Morgan fingerprint density at radius 2 is 1.75 bits per heavy atom. The first-order valence-electron chi connectivity index (χ1n) is 6.51. The molecule has 20 heavy (non-hydrogen) atoms. The van der Waals surface area contributed by atoms with Crippen molar-refractivity contribution in [2.75, 3.05) is 19.8 Å². The third-order valence-electron chi connectivity index (χ3n) is 2.57. The van der Waals surface area contributed by atoms with E-state index >= 15 is 0 Å². The first-order valence-corrected chi connectivity index (χ1v) is 6.51. The Kier molecular flexibility index (Phi) is 7.11. The molecule has 0 unspecified atom stereocenters. The van der Waals surface area contributed by atoms with Gasteiger partial charge in [-0.25, -0.2) is 8.78 Å². The number of rotatable bonds is 8. The molecule has 6 heteroatoms. The molecule has 1 aromatic rings. The minimum atomic E-state index is -0.730. The lowest BCUT2D eigenvalue weighted by molar-refractivity contribution is -0.140. The van der Waals surface area contributed by atoms with E-state index in [0.717, 1.165) is 12.1 Å². The summed E-state index contributed by atoms with van der Waals surface area (Å²) in [6, 6.07) is 3.50. The van der Waals surface area contributed by atoms with Crippen LogP contribution in [-0.4, -0.2) is 32.0 Å². The predicted molar refractivity (Wildman–Crippen MR) is 70.1 cm³/mol. The molecule has 0 bridgehead atoms. The molecule has 0 fully saturated rings. The molecule has 0 heterocycles. The number of hydrogen-bond donors (Lipinski definition) is 1. The van der Waals surface area contributed by atoms with Crippen LogP contribution in [0.1, 0.15) is 19.4 Å². The Morgan fingerprint density at radius 3 is 2.25 bits per heavy atom. The number of amides is 1. The van der Waals surface area contributed by atoms with E-state index in [9.17, 15) is 13.6 Å².